The maximum atomic E-state index is 12.8. The Morgan fingerprint density at radius 2 is 1.43 bits per heavy atom. The first-order valence-corrected chi connectivity index (χ1v) is 9.55. The van der Waals surface area contributed by atoms with E-state index >= 15 is 0 Å². The molecule has 0 fully saturated rings. The minimum absolute atomic E-state index is 0.593. The Morgan fingerprint density at radius 3 is 1.96 bits per heavy atom. The lowest BCUT2D eigenvalue weighted by atomic mass is 10.2. The van der Waals surface area contributed by atoms with Crippen LogP contribution in [0.5, 0.6) is 11.5 Å². The molecule has 0 aromatic heterocycles. The zero-order valence-electron chi connectivity index (χ0n) is 12.6. The molecule has 3 rings (SSSR count). The highest BCUT2D eigenvalue weighted by Gasteiger charge is 2.42. The normalized spacial score (nSPS) is 15.6. The largest absolute Gasteiger partial charge is 0.464 e. The quantitative estimate of drug-likeness (QED) is 0.689. The van der Waals surface area contributed by atoms with Gasteiger partial charge in [0.25, 0.3) is 0 Å². The van der Waals surface area contributed by atoms with Crippen LogP contribution in [0.3, 0.4) is 0 Å². The van der Waals surface area contributed by atoms with E-state index in [1.54, 1.807) is 24.3 Å². The summed E-state index contributed by atoms with van der Waals surface area (Å²) in [5.74, 6) is 0.240. The first-order valence-electron chi connectivity index (χ1n) is 6.84. The van der Waals surface area contributed by atoms with Gasteiger partial charge in [-0.25, -0.2) is 0 Å². The molecule has 2 aromatic carbocycles. The third-order valence-corrected chi connectivity index (χ3v) is 6.50. The summed E-state index contributed by atoms with van der Waals surface area (Å²) in [5, 5.41) is 0. The summed E-state index contributed by atoms with van der Waals surface area (Å²) < 4.78 is 40.1. The highest BCUT2D eigenvalue weighted by Crippen LogP contribution is 2.66. The maximum absolute atomic E-state index is 12.8. The molecule has 23 heavy (non-hydrogen) atoms. The van der Waals surface area contributed by atoms with Gasteiger partial charge in [0.2, 0.25) is 0 Å². The molecule has 8 heteroatoms. The Bertz CT molecular complexity index is 675. The molecule has 6 nitrogen and oxygen atoms in total. The van der Waals surface area contributed by atoms with Gasteiger partial charge in [0.05, 0.1) is 0 Å². The van der Waals surface area contributed by atoms with Gasteiger partial charge >= 0.3 is 16.2 Å². The van der Waals surface area contributed by atoms with Crippen molar-refractivity contribution in [1.82, 2.24) is 0 Å². The molecule has 122 valence electrons. The third-order valence-electron chi connectivity index (χ3n) is 3.26. The van der Waals surface area contributed by atoms with Crippen molar-refractivity contribution in [2.75, 3.05) is 14.2 Å². The Labute approximate surface area is 135 Å². The van der Waals surface area contributed by atoms with Crippen LogP contribution < -0.4 is 9.05 Å². The second-order valence-corrected chi connectivity index (χ2v) is 7.93. The lowest BCUT2D eigenvalue weighted by molar-refractivity contribution is 0.182. The van der Waals surface area contributed by atoms with Crippen molar-refractivity contribution >= 4 is 16.2 Å². The summed E-state index contributed by atoms with van der Waals surface area (Å²) in [6.45, 7) is 0. The van der Waals surface area contributed by atoms with E-state index in [1.165, 1.54) is 14.2 Å². The number of para-hydroxylation sites is 2. The highest BCUT2D eigenvalue weighted by molar-refractivity contribution is 7.54. The highest BCUT2D eigenvalue weighted by atomic mass is 31.2. The van der Waals surface area contributed by atoms with Crippen molar-refractivity contribution in [1.29, 1.82) is 0 Å². The zero-order valence-corrected chi connectivity index (χ0v) is 14.4. The molecule has 0 saturated carbocycles. The summed E-state index contributed by atoms with van der Waals surface area (Å²) in [6, 6.07) is 16.3. The Balaban J connectivity index is 1.85. The third kappa shape index (κ3) is 3.42. The number of hydrogen-bond acceptors (Lipinski definition) is 6. The van der Waals surface area contributed by atoms with Crippen LogP contribution in [0.25, 0.3) is 0 Å². The van der Waals surface area contributed by atoms with Gasteiger partial charge < -0.3 is 18.1 Å². The second-order valence-electron chi connectivity index (χ2n) is 4.63. The Kier molecular flexibility index (Phi) is 5.00. The van der Waals surface area contributed by atoms with E-state index in [4.69, 9.17) is 22.6 Å². The van der Waals surface area contributed by atoms with E-state index in [0.29, 0.717) is 17.1 Å². The van der Waals surface area contributed by atoms with Crippen molar-refractivity contribution in [3.05, 3.63) is 60.2 Å². The first kappa shape index (κ1) is 16.4. The van der Waals surface area contributed by atoms with E-state index < -0.39 is 22.0 Å². The number of benzene rings is 2. The number of hydrogen-bond donors (Lipinski definition) is 0. The van der Waals surface area contributed by atoms with Gasteiger partial charge in [-0.15, -0.1) is 0 Å². The van der Waals surface area contributed by atoms with Crippen molar-refractivity contribution in [2.45, 2.75) is 5.85 Å². The molecule has 0 radical (unpaired) electrons. The van der Waals surface area contributed by atoms with Crippen LogP contribution in [0.2, 0.25) is 0 Å². The van der Waals surface area contributed by atoms with Gasteiger partial charge in [-0.3, -0.25) is 9.09 Å². The average molecular weight is 354 g/mol. The molecule has 0 N–H and O–H groups in total. The Hall–Kier alpha value is -1.42. The molecule has 0 spiro atoms. The van der Waals surface area contributed by atoms with Gasteiger partial charge in [0, 0.05) is 14.2 Å². The first-order chi connectivity index (χ1) is 11.2. The van der Waals surface area contributed by atoms with E-state index in [0.717, 1.165) is 0 Å². The topological polar surface area (TPSA) is 63.2 Å². The summed E-state index contributed by atoms with van der Waals surface area (Å²) in [6.07, 6.45) is 0. The summed E-state index contributed by atoms with van der Waals surface area (Å²) in [5.41, 5.74) is 0.658. The summed E-state index contributed by atoms with van der Waals surface area (Å²) in [4.78, 5) is 0. The van der Waals surface area contributed by atoms with Gasteiger partial charge in [-0.2, -0.15) is 0 Å². The fourth-order valence-electron chi connectivity index (χ4n) is 2.09. The molecule has 0 aliphatic carbocycles. The number of fused-ring (bicyclic) bond motifs is 1. The molecule has 0 amide bonds. The molecule has 1 heterocycles. The van der Waals surface area contributed by atoms with Crippen LogP contribution in [0.15, 0.2) is 54.6 Å². The molecule has 0 saturated heterocycles. The molecular weight excluding hydrogens is 338 g/mol. The smallest absolute Gasteiger partial charge is 0.414 e. The fourth-order valence-corrected chi connectivity index (χ4v) is 4.88. The fraction of sp³-hybridized carbons (Fsp3) is 0.200. The van der Waals surface area contributed by atoms with E-state index in [2.05, 4.69) is 0 Å². The van der Waals surface area contributed by atoms with Crippen LogP contribution in [-0.2, 0) is 18.1 Å². The van der Waals surface area contributed by atoms with Crippen molar-refractivity contribution in [3.8, 4) is 11.5 Å². The predicted molar refractivity (Wildman–Crippen MR) is 86.5 cm³/mol. The van der Waals surface area contributed by atoms with Gasteiger partial charge in [0.15, 0.2) is 17.3 Å². The van der Waals surface area contributed by atoms with Crippen LogP contribution in [-0.4, -0.2) is 14.2 Å². The SMILES string of the molecule is COP(=O)(OC)C(OP1Oc2ccccc2O1)c1ccccc1. The van der Waals surface area contributed by atoms with Crippen molar-refractivity contribution in [3.63, 3.8) is 0 Å². The summed E-state index contributed by atoms with van der Waals surface area (Å²) in [7, 11) is -2.63. The molecular formula is C15H16O6P2. The van der Waals surface area contributed by atoms with Gasteiger partial charge in [-0.1, -0.05) is 42.5 Å². The molecule has 1 aliphatic heterocycles. The second kappa shape index (κ2) is 7.00. The predicted octanol–water partition coefficient (Wildman–Crippen LogP) is 4.89. The van der Waals surface area contributed by atoms with Crippen molar-refractivity contribution < 1.29 is 27.2 Å². The zero-order chi connectivity index (χ0) is 16.3. The van der Waals surface area contributed by atoms with Crippen molar-refractivity contribution in [2.24, 2.45) is 0 Å². The molecule has 1 aliphatic rings. The van der Waals surface area contributed by atoms with E-state index in [-0.39, 0.29) is 0 Å². The van der Waals surface area contributed by atoms with Crippen LogP contribution in [0.4, 0.5) is 0 Å². The molecule has 1 unspecified atom stereocenters. The minimum atomic E-state index is -3.53. The van der Waals surface area contributed by atoms with Gasteiger partial charge in [-0.05, 0) is 17.7 Å². The standard InChI is InChI=1S/C15H16O6P2/c1-17-23(16,18-2)15(12-8-4-3-5-9-12)21-22-19-13-10-6-7-11-14(13)20-22/h3-11,15H,1-2H3. The van der Waals surface area contributed by atoms with Crippen LogP contribution in [0, 0.1) is 0 Å². The summed E-state index contributed by atoms with van der Waals surface area (Å²) >= 11 is 0. The molecule has 1 atom stereocenters. The maximum Gasteiger partial charge on any atom is 0.464 e. The minimum Gasteiger partial charge on any atom is -0.414 e. The molecule has 2 aromatic rings. The monoisotopic (exact) mass is 354 g/mol. The van der Waals surface area contributed by atoms with E-state index in [1.807, 2.05) is 30.3 Å². The lowest BCUT2D eigenvalue weighted by Gasteiger charge is -2.25. The average Bonchev–Trinajstić information content (AvgIpc) is 3.02. The van der Waals surface area contributed by atoms with Gasteiger partial charge in [0.1, 0.15) is 0 Å². The molecule has 0 bridgehead atoms. The van der Waals surface area contributed by atoms with E-state index in [9.17, 15) is 4.57 Å². The Morgan fingerprint density at radius 1 is 0.913 bits per heavy atom. The van der Waals surface area contributed by atoms with Crippen LogP contribution >= 0.6 is 16.2 Å². The lowest BCUT2D eigenvalue weighted by Crippen LogP contribution is -2.07. The number of rotatable bonds is 6. The van der Waals surface area contributed by atoms with Crippen LogP contribution in [0.1, 0.15) is 11.4 Å².